The van der Waals surface area contributed by atoms with Gasteiger partial charge in [0.25, 0.3) is 0 Å². The van der Waals surface area contributed by atoms with Crippen molar-refractivity contribution < 1.29 is 19.4 Å². The van der Waals surface area contributed by atoms with Gasteiger partial charge in [-0.1, -0.05) is 116 Å². The van der Waals surface area contributed by atoms with Crippen LogP contribution >= 0.6 is 11.8 Å². The first-order valence-electron chi connectivity index (χ1n) is 16.0. The predicted octanol–water partition coefficient (Wildman–Crippen LogP) is 8.43. The monoisotopic (exact) mass is 644 g/mol. The Morgan fingerprint density at radius 1 is 0.681 bits per heavy atom. The number of nitrogens with one attached hydrogen (secondary N) is 2. The van der Waals surface area contributed by atoms with E-state index in [1.165, 1.54) is 4.90 Å². The molecule has 0 spiro atoms. The number of urea groups is 1. The molecule has 1 fully saturated rings. The molecule has 5 aromatic carbocycles. The molecular weight excluding hydrogens is 605 g/mol. The first kappa shape index (κ1) is 32.5. The first-order chi connectivity index (χ1) is 23.1. The van der Waals surface area contributed by atoms with Crippen LogP contribution in [0.15, 0.2) is 138 Å². The minimum atomic E-state index is -0.548. The Bertz CT molecular complexity index is 1730. The van der Waals surface area contributed by atoms with E-state index in [9.17, 15) is 9.90 Å². The number of benzene rings is 5. The molecule has 0 saturated carbocycles. The van der Waals surface area contributed by atoms with E-state index in [4.69, 9.17) is 9.47 Å². The van der Waals surface area contributed by atoms with E-state index in [0.717, 1.165) is 44.7 Å². The lowest BCUT2D eigenvalue weighted by atomic mass is 9.91. The van der Waals surface area contributed by atoms with Gasteiger partial charge in [-0.15, -0.1) is 11.8 Å². The highest BCUT2D eigenvalue weighted by Gasteiger charge is 2.38. The van der Waals surface area contributed by atoms with Crippen LogP contribution in [0, 0.1) is 5.92 Å². The number of carbonyl (C=O) groups excluding carboxylic acids is 1. The fraction of sp³-hybridized carbons (Fsp3) is 0.225. The number of aliphatic hydroxyl groups is 1. The van der Waals surface area contributed by atoms with E-state index in [0.29, 0.717) is 13.1 Å². The molecule has 2 amide bonds. The van der Waals surface area contributed by atoms with E-state index in [1.54, 1.807) is 11.8 Å². The van der Waals surface area contributed by atoms with Crippen LogP contribution < -0.4 is 10.6 Å². The van der Waals surface area contributed by atoms with Crippen LogP contribution in [0.2, 0.25) is 0 Å². The molecule has 0 radical (unpaired) electrons. The number of hydrogen-bond acceptors (Lipinski definition) is 5. The van der Waals surface area contributed by atoms with Crippen molar-refractivity contribution in [3.05, 3.63) is 161 Å². The highest BCUT2D eigenvalue weighted by molar-refractivity contribution is 7.99. The second kappa shape index (κ2) is 15.9. The van der Waals surface area contributed by atoms with Crippen LogP contribution in [0.25, 0.3) is 11.1 Å². The summed E-state index contributed by atoms with van der Waals surface area (Å²) in [7, 11) is 0. The maximum absolute atomic E-state index is 12.4. The van der Waals surface area contributed by atoms with Crippen LogP contribution in [0.5, 0.6) is 0 Å². The third kappa shape index (κ3) is 8.70. The number of amides is 2. The Hall–Kier alpha value is -4.40. The Morgan fingerprint density at radius 2 is 1.32 bits per heavy atom. The summed E-state index contributed by atoms with van der Waals surface area (Å²) in [4.78, 5) is 13.6. The van der Waals surface area contributed by atoms with Crippen molar-refractivity contribution in [2.75, 3.05) is 5.75 Å². The van der Waals surface area contributed by atoms with Gasteiger partial charge in [-0.3, -0.25) is 0 Å². The summed E-state index contributed by atoms with van der Waals surface area (Å²) in [6.07, 6.45) is -0.769. The van der Waals surface area contributed by atoms with Crippen molar-refractivity contribution in [1.29, 1.82) is 0 Å². The molecule has 6 nitrogen and oxygen atoms in total. The number of ether oxygens (including phenoxy) is 2. The highest BCUT2D eigenvalue weighted by Crippen LogP contribution is 2.43. The van der Waals surface area contributed by atoms with Crippen LogP contribution in [-0.2, 0) is 29.2 Å². The molecule has 0 unspecified atom stereocenters. The second-order valence-corrected chi connectivity index (χ2v) is 12.9. The minimum Gasteiger partial charge on any atom is -0.392 e. The number of thioether (sulfide) groups is 1. The number of rotatable bonds is 11. The zero-order valence-electron chi connectivity index (χ0n) is 26.4. The molecule has 0 bridgehead atoms. The van der Waals surface area contributed by atoms with E-state index in [1.807, 2.05) is 78.9 Å². The fourth-order valence-corrected chi connectivity index (χ4v) is 6.84. The van der Waals surface area contributed by atoms with Gasteiger partial charge in [0.15, 0.2) is 6.29 Å². The fourth-order valence-electron chi connectivity index (χ4n) is 5.75. The third-order valence-corrected chi connectivity index (χ3v) is 9.55. The van der Waals surface area contributed by atoms with Gasteiger partial charge in [0.1, 0.15) is 0 Å². The zero-order chi connectivity index (χ0) is 32.4. The maximum Gasteiger partial charge on any atom is 0.315 e. The molecule has 0 aliphatic carbocycles. The van der Waals surface area contributed by atoms with Crippen molar-refractivity contribution >= 4 is 17.8 Å². The Kier molecular flexibility index (Phi) is 11.0. The summed E-state index contributed by atoms with van der Waals surface area (Å²) < 4.78 is 13.4. The number of aliphatic hydroxyl groups excluding tert-OH is 1. The lowest BCUT2D eigenvalue weighted by Gasteiger charge is -2.41. The van der Waals surface area contributed by atoms with E-state index in [-0.39, 0.29) is 30.8 Å². The third-order valence-electron chi connectivity index (χ3n) is 8.45. The van der Waals surface area contributed by atoms with Crippen LogP contribution in [-0.4, -0.2) is 23.0 Å². The Morgan fingerprint density at radius 3 is 2.04 bits per heavy atom. The Labute approximate surface area is 281 Å². The summed E-state index contributed by atoms with van der Waals surface area (Å²) in [5, 5.41) is 15.5. The number of carbonyl (C=O) groups is 1. The summed E-state index contributed by atoms with van der Waals surface area (Å²) in [5.41, 5.74) is 7.05. The molecule has 7 heteroatoms. The molecule has 0 aromatic heterocycles. The molecule has 240 valence electrons. The van der Waals surface area contributed by atoms with E-state index < -0.39 is 6.29 Å². The maximum atomic E-state index is 12.4. The van der Waals surface area contributed by atoms with Crippen LogP contribution in [0.1, 0.15) is 47.1 Å². The normalized spacial score (nSPS) is 19.2. The standard InChI is InChI=1S/C40H40N2O4S/c1-28-37(27-47-36-16-6-3-7-17-36)45-39(46-38(28)32-20-18-30(26-43)19-21-32)35-15-9-14-34(23-35)33-13-8-12-31(22-33)25-42-40(44)41-24-29-10-4-2-5-11-29/h2-23,28,37-39,43H,24-27H2,1H3,(H2,41,42,44)/t28-,37+,38+,39+/m1/s1. The van der Waals surface area contributed by atoms with Crippen LogP contribution in [0.4, 0.5) is 4.79 Å². The molecule has 3 N–H and O–H groups in total. The summed E-state index contributed by atoms with van der Waals surface area (Å²) >= 11 is 1.79. The molecule has 47 heavy (non-hydrogen) atoms. The quantitative estimate of drug-likeness (QED) is 0.126. The lowest BCUT2D eigenvalue weighted by Crippen LogP contribution is -2.38. The van der Waals surface area contributed by atoms with Gasteiger partial charge in [-0.25, -0.2) is 4.79 Å². The number of hydrogen-bond donors (Lipinski definition) is 3. The van der Waals surface area contributed by atoms with Crippen molar-refractivity contribution in [1.82, 2.24) is 10.6 Å². The molecule has 6 rings (SSSR count). The average Bonchev–Trinajstić information content (AvgIpc) is 3.14. The summed E-state index contributed by atoms with van der Waals surface area (Å²) in [5.74, 6) is 0.906. The molecular formula is C40H40N2O4S. The zero-order valence-corrected chi connectivity index (χ0v) is 27.2. The smallest absolute Gasteiger partial charge is 0.315 e. The topological polar surface area (TPSA) is 79.8 Å². The van der Waals surface area contributed by atoms with Gasteiger partial charge in [-0.05, 0) is 57.6 Å². The minimum absolute atomic E-state index is 0.00887. The van der Waals surface area contributed by atoms with Crippen molar-refractivity contribution in [3.8, 4) is 11.1 Å². The van der Waals surface area contributed by atoms with Gasteiger partial charge in [0.05, 0.1) is 18.8 Å². The molecule has 5 aromatic rings. The predicted molar refractivity (Wildman–Crippen MR) is 188 cm³/mol. The second-order valence-electron chi connectivity index (χ2n) is 11.8. The van der Waals surface area contributed by atoms with Gasteiger partial charge in [-0.2, -0.15) is 0 Å². The first-order valence-corrected chi connectivity index (χ1v) is 17.0. The van der Waals surface area contributed by atoms with Crippen molar-refractivity contribution in [2.45, 2.75) is 50.0 Å². The van der Waals surface area contributed by atoms with Crippen molar-refractivity contribution in [3.63, 3.8) is 0 Å². The Balaban J connectivity index is 1.17. The van der Waals surface area contributed by atoms with Gasteiger partial charge >= 0.3 is 6.03 Å². The summed E-state index contributed by atoms with van der Waals surface area (Å²) in [6, 6.07) is 44.6. The van der Waals surface area contributed by atoms with Gasteiger partial charge in [0, 0.05) is 35.2 Å². The van der Waals surface area contributed by atoms with Gasteiger partial charge < -0.3 is 25.2 Å². The van der Waals surface area contributed by atoms with E-state index in [2.05, 4.69) is 72.2 Å². The molecule has 1 saturated heterocycles. The van der Waals surface area contributed by atoms with Crippen LogP contribution in [0.3, 0.4) is 0 Å². The molecule has 4 atom stereocenters. The average molecular weight is 645 g/mol. The summed E-state index contributed by atoms with van der Waals surface area (Å²) in [6.45, 7) is 3.09. The lowest BCUT2D eigenvalue weighted by molar-refractivity contribution is -0.268. The van der Waals surface area contributed by atoms with E-state index >= 15 is 0 Å². The molecule has 1 aliphatic heterocycles. The van der Waals surface area contributed by atoms with Gasteiger partial charge in [0.2, 0.25) is 0 Å². The van der Waals surface area contributed by atoms with Crippen molar-refractivity contribution in [2.24, 2.45) is 5.92 Å². The largest absolute Gasteiger partial charge is 0.392 e. The molecule has 1 aliphatic rings. The molecule has 1 heterocycles. The SMILES string of the molecule is C[C@@H]1[C@H](CSc2ccccc2)O[C@H](c2cccc(-c3cccc(CNC(=O)NCc4ccccc4)c3)c2)O[C@@H]1c1ccc(CO)cc1. The highest BCUT2D eigenvalue weighted by atomic mass is 32.2.